The molecule has 0 aliphatic carbocycles. The van der Waals surface area contributed by atoms with Gasteiger partial charge >= 0.3 is 0 Å². The molecule has 5 nitrogen and oxygen atoms in total. The third kappa shape index (κ3) is 3.88. The highest BCUT2D eigenvalue weighted by molar-refractivity contribution is 6.35. The standard InChI is InChI=1S/C15H14Cl2N2O3/c16-13-2-1-3-14(17)12(13)9-22-15-5-4-11(19(20)21)8-10(15)6-7-18/h1-5,8H,6-7,9,18H2. The third-order valence-electron chi connectivity index (χ3n) is 3.10. The van der Waals surface area contributed by atoms with Crippen LogP contribution in [0.15, 0.2) is 36.4 Å². The Balaban J connectivity index is 2.23. The fraction of sp³-hybridized carbons (Fsp3) is 0.200. The van der Waals surface area contributed by atoms with E-state index in [1.807, 2.05) is 0 Å². The van der Waals surface area contributed by atoms with E-state index < -0.39 is 4.92 Å². The van der Waals surface area contributed by atoms with Gasteiger partial charge in [-0.1, -0.05) is 29.3 Å². The molecule has 116 valence electrons. The van der Waals surface area contributed by atoms with Crippen LogP contribution in [0.3, 0.4) is 0 Å². The number of rotatable bonds is 6. The van der Waals surface area contributed by atoms with Gasteiger partial charge in [-0.25, -0.2) is 0 Å². The lowest BCUT2D eigenvalue weighted by Gasteiger charge is -2.12. The van der Waals surface area contributed by atoms with Gasteiger partial charge in [0.05, 0.1) is 4.92 Å². The molecule has 0 saturated heterocycles. The van der Waals surface area contributed by atoms with Gasteiger partial charge in [0.2, 0.25) is 0 Å². The van der Waals surface area contributed by atoms with E-state index in [2.05, 4.69) is 0 Å². The molecule has 0 unspecified atom stereocenters. The van der Waals surface area contributed by atoms with Gasteiger partial charge < -0.3 is 10.5 Å². The van der Waals surface area contributed by atoms with Crippen LogP contribution in [0.4, 0.5) is 5.69 Å². The van der Waals surface area contributed by atoms with Gasteiger partial charge in [0.1, 0.15) is 12.4 Å². The van der Waals surface area contributed by atoms with Crippen molar-refractivity contribution in [3.63, 3.8) is 0 Å². The van der Waals surface area contributed by atoms with Crippen molar-refractivity contribution >= 4 is 28.9 Å². The number of non-ortho nitro benzene ring substituents is 1. The zero-order chi connectivity index (χ0) is 16.1. The Morgan fingerprint density at radius 3 is 2.45 bits per heavy atom. The summed E-state index contributed by atoms with van der Waals surface area (Å²) in [7, 11) is 0. The highest BCUT2D eigenvalue weighted by Gasteiger charge is 2.13. The van der Waals surface area contributed by atoms with Crippen molar-refractivity contribution in [1.29, 1.82) is 0 Å². The van der Waals surface area contributed by atoms with Crippen molar-refractivity contribution in [3.8, 4) is 5.75 Å². The predicted octanol–water partition coefficient (Wildman–Crippen LogP) is 3.98. The van der Waals surface area contributed by atoms with Gasteiger partial charge in [-0.2, -0.15) is 0 Å². The summed E-state index contributed by atoms with van der Waals surface area (Å²) < 4.78 is 5.73. The summed E-state index contributed by atoms with van der Waals surface area (Å²) in [6, 6.07) is 9.62. The molecule has 0 radical (unpaired) electrons. The van der Waals surface area contributed by atoms with Crippen molar-refractivity contribution in [2.45, 2.75) is 13.0 Å². The van der Waals surface area contributed by atoms with Gasteiger partial charge in [-0.3, -0.25) is 10.1 Å². The Hall–Kier alpha value is -1.82. The summed E-state index contributed by atoms with van der Waals surface area (Å²) >= 11 is 12.2. The molecular formula is C15H14Cl2N2O3. The number of halogens is 2. The lowest BCUT2D eigenvalue weighted by molar-refractivity contribution is -0.384. The second-order valence-corrected chi connectivity index (χ2v) is 5.39. The van der Waals surface area contributed by atoms with Gasteiger partial charge in [-0.05, 0) is 31.2 Å². The Labute approximate surface area is 137 Å². The van der Waals surface area contributed by atoms with Crippen molar-refractivity contribution in [3.05, 3.63) is 67.7 Å². The molecule has 0 fully saturated rings. The molecule has 22 heavy (non-hydrogen) atoms. The van der Waals surface area contributed by atoms with E-state index in [-0.39, 0.29) is 12.3 Å². The van der Waals surface area contributed by atoms with Crippen LogP contribution in [0.25, 0.3) is 0 Å². The number of ether oxygens (including phenoxy) is 1. The number of hydrogen-bond acceptors (Lipinski definition) is 4. The zero-order valence-corrected chi connectivity index (χ0v) is 13.1. The number of nitrogens with two attached hydrogens (primary N) is 1. The fourth-order valence-electron chi connectivity index (χ4n) is 1.99. The minimum atomic E-state index is -0.450. The van der Waals surface area contributed by atoms with Gasteiger partial charge in [0, 0.05) is 33.3 Å². The summed E-state index contributed by atoms with van der Waals surface area (Å²) in [5.41, 5.74) is 6.90. The maximum absolute atomic E-state index is 10.8. The van der Waals surface area contributed by atoms with Crippen molar-refractivity contribution in [1.82, 2.24) is 0 Å². The van der Waals surface area contributed by atoms with E-state index in [1.165, 1.54) is 12.1 Å². The largest absolute Gasteiger partial charge is 0.489 e. The SMILES string of the molecule is NCCc1cc([N+](=O)[O-])ccc1OCc1c(Cl)cccc1Cl. The van der Waals surface area contributed by atoms with Crippen LogP contribution in [0, 0.1) is 10.1 Å². The molecule has 0 atom stereocenters. The molecule has 2 rings (SSSR count). The van der Waals surface area contributed by atoms with Gasteiger partial charge in [0.15, 0.2) is 0 Å². The highest BCUT2D eigenvalue weighted by atomic mass is 35.5. The Morgan fingerprint density at radius 2 is 1.86 bits per heavy atom. The molecule has 0 saturated carbocycles. The van der Waals surface area contributed by atoms with Crippen LogP contribution in [-0.2, 0) is 13.0 Å². The average molecular weight is 341 g/mol. The quantitative estimate of drug-likeness (QED) is 0.637. The maximum atomic E-state index is 10.8. The topological polar surface area (TPSA) is 78.4 Å². The van der Waals surface area contributed by atoms with Crippen molar-refractivity contribution < 1.29 is 9.66 Å². The first-order valence-corrected chi connectivity index (χ1v) is 7.31. The third-order valence-corrected chi connectivity index (χ3v) is 3.81. The fourth-order valence-corrected chi connectivity index (χ4v) is 2.50. The normalized spacial score (nSPS) is 10.5. The highest BCUT2D eigenvalue weighted by Crippen LogP contribution is 2.29. The first kappa shape index (κ1) is 16.5. The second-order valence-electron chi connectivity index (χ2n) is 4.58. The summed E-state index contributed by atoms with van der Waals surface area (Å²) in [5, 5.41) is 11.9. The number of hydrogen-bond donors (Lipinski definition) is 1. The summed E-state index contributed by atoms with van der Waals surface area (Å²) in [4.78, 5) is 10.4. The predicted molar refractivity (Wildman–Crippen MR) is 86.6 cm³/mol. The summed E-state index contributed by atoms with van der Waals surface area (Å²) in [6.07, 6.45) is 0.479. The van der Waals surface area contributed by atoms with Crippen LogP contribution in [0.2, 0.25) is 10.0 Å². The van der Waals surface area contributed by atoms with Gasteiger partial charge in [0.25, 0.3) is 5.69 Å². The molecule has 0 amide bonds. The lowest BCUT2D eigenvalue weighted by Crippen LogP contribution is -2.06. The smallest absolute Gasteiger partial charge is 0.269 e. The molecular weight excluding hydrogens is 327 g/mol. The molecule has 0 spiro atoms. The molecule has 0 aliphatic rings. The van der Waals surface area contributed by atoms with Crippen LogP contribution >= 0.6 is 23.2 Å². The van der Waals surface area contributed by atoms with Crippen LogP contribution in [0.5, 0.6) is 5.75 Å². The second kappa shape index (κ2) is 7.45. The van der Waals surface area contributed by atoms with Crippen molar-refractivity contribution in [2.24, 2.45) is 5.73 Å². The summed E-state index contributed by atoms with van der Waals surface area (Å²) in [6.45, 7) is 0.540. The van der Waals surface area contributed by atoms with E-state index in [4.69, 9.17) is 33.7 Å². The number of benzene rings is 2. The van der Waals surface area contributed by atoms with Crippen LogP contribution in [-0.4, -0.2) is 11.5 Å². The molecule has 2 N–H and O–H groups in total. The first-order chi connectivity index (χ1) is 10.5. The van der Waals surface area contributed by atoms with Gasteiger partial charge in [-0.15, -0.1) is 0 Å². The average Bonchev–Trinajstić information content (AvgIpc) is 2.48. The number of nitro groups is 1. The monoisotopic (exact) mass is 340 g/mol. The number of nitrogens with zero attached hydrogens (tertiary/aromatic N) is 1. The van der Waals surface area contributed by atoms with Crippen molar-refractivity contribution in [2.75, 3.05) is 6.54 Å². The lowest BCUT2D eigenvalue weighted by atomic mass is 10.1. The molecule has 2 aromatic rings. The van der Waals surface area contributed by atoms with E-state index >= 15 is 0 Å². The van der Waals surface area contributed by atoms with Crippen LogP contribution < -0.4 is 10.5 Å². The molecule has 0 heterocycles. The maximum Gasteiger partial charge on any atom is 0.269 e. The Kier molecular flexibility index (Phi) is 5.60. The first-order valence-electron chi connectivity index (χ1n) is 6.56. The van der Waals surface area contributed by atoms with E-state index in [1.54, 1.807) is 24.3 Å². The molecule has 0 aliphatic heterocycles. The molecule has 0 bridgehead atoms. The Morgan fingerprint density at radius 1 is 1.18 bits per heavy atom. The van der Waals surface area contributed by atoms with Crippen LogP contribution in [0.1, 0.15) is 11.1 Å². The van der Waals surface area contributed by atoms with E-state index in [0.717, 1.165) is 0 Å². The van der Waals surface area contributed by atoms with E-state index in [9.17, 15) is 10.1 Å². The molecule has 0 aromatic heterocycles. The summed E-state index contributed by atoms with van der Waals surface area (Å²) in [5.74, 6) is 0.534. The molecule has 7 heteroatoms. The van der Waals surface area contributed by atoms with E-state index in [0.29, 0.717) is 39.9 Å². The number of nitro benzene ring substituents is 1. The minimum absolute atomic E-state index is 0.00609. The minimum Gasteiger partial charge on any atom is -0.489 e. The zero-order valence-electron chi connectivity index (χ0n) is 11.6. The molecule has 2 aromatic carbocycles. The Bertz CT molecular complexity index is 672.